The molecular formula is C21H21N3O3. The average Bonchev–Trinajstić information content (AvgIpc) is 2.69. The van der Waals surface area contributed by atoms with Crippen LogP contribution in [0.3, 0.4) is 0 Å². The van der Waals surface area contributed by atoms with E-state index in [4.69, 9.17) is 9.47 Å². The molecule has 0 atom stereocenters. The van der Waals surface area contributed by atoms with E-state index < -0.39 is 0 Å². The molecule has 3 rings (SSSR count). The van der Waals surface area contributed by atoms with Crippen LogP contribution in [0.5, 0.6) is 11.5 Å². The van der Waals surface area contributed by atoms with Gasteiger partial charge >= 0.3 is 6.03 Å². The molecule has 1 heterocycles. The first-order valence-electron chi connectivity index (χ1n) is 8.44. The molecule has 0 unspecified atom stereocenters. The first-order chi connectivity index (χ1) is 13.1. The normalized spacial score (nSPS) is 10.2. The first kappa shape index (κ1) is 18.3. The third-order valence-electron chi connectivity index (χ3n) is 4.04. The summed E-state index contributed by atoms with van der Waals surface area (Å²) in [5.41, 5.74) is 3.76. The lowest BCUT2D eigenvalue weighted by atomic mass is 10.1. The van der Waals surface area contributed by atoms with Gasteiger partial charge in [0.15, 0.2) is 11.5 Å². The second-order valence-corrected chi connectivity index (χ2v) is 5.84. The van der Waals surface area contributed by atoms with Crippen molar-refractivity contribution >= 4 is 17.4 Å². The van der Waals surface area contributed by atoms with Crippen LogP contribution in [0, 0.1) is 6.92 Å². The van der Waals surface area contributed by atoms with Gasteiger partial charge in [-0.25, -0.2) is 4.79 Å². The number of carbonyl (C=O) groups excluding carboxylic acids is 1. The molecule has 0 spiro atoms. The molecule has 0 radical (unpaired) electrons. The Kier molecular flexibility index (Phi) is 5.56. The molecule has 0 saturated carbocycles. The maximum Gasteiger partial charge on any atom is 0.323 e. The van der Waals surface area contributed by atoms with Gasteiger partial charge in [0.25, 0.3) is 0 Å². The number of methoxy groups -OCH3 is 2. The lowest BCUT2D eigenvalue weighted by Gasteiger charge is -2.12. The Labute approximate surface area is 158 Å². The number of amides is 2. The number of nitrogens with zero attached hydrogens (tertiary/aromatic N) is 1. The summed E-state index contributed by atoms with van der Waals surface area (Å²) in [7, 11) is 3.19. The standard InChI is InChI=1S/C21H21N3O3/c1-14-17(24-21(25)23-16-7-5-4-6-8-16)10-11-18(22-14)15-9-12-19(26-2)20(13-15)27-3/h4-13H,1-3H3,(H2,23,24,25). The predicted octanol–water partition coefficient (Wildman–Crippen LogP) is 4.72. The van der Waals surface area contributed by atoms with E-state index in [-0.39, 0.29) is 6.03 Å². The molecule has 2 N–H and O–H groups in total. The number of rotatable bonds is 5. The van der Waals surface area contributed by atoms with Crippen LogP contribution < -0.4 is 20.1 Å². The van der Waals surface area contributed by atoms with Crippen LogP contribution >= 0.6 is 0 Å². The van der Waals surface area contributed by atoms with Crippen molar-refractivity contribution in [3.63, 3.8) is 0 Å². The van der Waals surface area contributed by atoms with E-state index in [1.807, 2.05) is 67.6 Å². The van der Waals surface area contributed by atoms with Crippen molar-refractivity contribution in [1.29, 1.82) is 0 Å². The van der Waals surface area contributed by atoms with E-state index in [1.54, 1.807) is 14.2 Å². The van der Waals surface area contributed by atoms with E-state index in [2.05, 4.69) is 15.6 Å². The van der Waals surface area contributed by atoms with Crippen LogP contribution in [0.4, 0.5) is 16.2 Å². The molecule has 0 fully saturated rings. The zero-order valence-electron chi connectivity index (χ0n) is 15.4. The van der Waals surface area contributed by atoms with Crippen molar-refractivity contribution < 1.29 is 14.3 Å². The lowest BCUT2D eigenvalue weighted by molar-refractivity contribution is 0.262. The van der Waals surface area contributed by atoms with E-state index in [0.717, 1.165) is 16.9 Å². The number of hydrogen-bond donors (Lipinski definition) is 2. The third-order valence-corrected chi connectivity index (χ3v) is 4.04. The van der Waals surface area contributed by atoms with Gasteiger partial charge in [0.1, 0.15) is 0 Å². The average molecular weight is 363 g/mol. The zero-order chi connectivity index (χ0) is 19.2. The minimum Gasteiger partial charge on any atom is -0.493 e. The van der Waals surface area contributed by atoms with Crippen molar-refractivity contribution in [1.82, 2.24) is 4.98 Å². The third kappa shape index (κ3) is 4.36. The van der Waals surface area contributed by atoms with Crippen molar-refractivity contribution in [2.24, 2.45) is 0 Å². The number of nitrogens with one attached hydrogen (secondary N) is 2. The van der Waals surface area contributed by atoms with Crippen LogP contribution in [0.2, 0.25) is 0 Å². The van der Waals surface area contributed by atoms with Crippen molar-refractivity contribution in [2.45, 2.75) is 6.92 Å². The van der Waals surface area contributed by atoms with Gasteiger partial charge in [-0.1, -0.05) is 18.2 Å². The number of hydrogen-bond acceptors (Lipinski definition) is 4. The summed E-state index contributed by atoms with van der Waals surface area (Å²) < 4.78 is 10.6. The van der Waals surface area contributed by atoms with Crippen molar-refractivity contribution in [3.8, 4) is 22.8 Å². The molecule has 2 aromatic carbocycles. The Balaban J connectivity index is 1.76. The molecule has 1 aromatic heterocycles. The monoisotopic (exact) mass is 363 g/mol. The Morgan fingerprint density at radius 2 is 1.63 bits per heavy atom. The molecule has 0 saturated heterocycles. The van der Waals surface area contributed by atoms with Gasteiger partial charge in [-0.2, -0.15) is 0 Å². The highest BCUT2D eigenvalue weighted by Gasteiger charge is 2.10. The fourth-order valence-electron chi connectivity index (χ4n) is 2.66. The minimum absolute atomic E-state index is 0.315. The number of carbonyl (C=O) groups is 1. The van der Waals surface area contributed by atoms with E-state index in [1.165, 1.54) is 0 Å². The Bertz CT molecular complexity index is 943. The molecule has 0 bridgehead atoms. The number of para-hydroxylation sites is 1. The van der Waals surface area contributed by atoms with Crippen molar-refractivity contribution in [3.05, 3.63) is 66.4 Å². The predicted molar refractivity (Wildman–Crippen MR) is 107 cm³/mol. The lowest BCUT2D eigenvalue weighted by Crippen LogP contribution is -2.20. The quantitative estimate of drug-likeness (QED) is 0.688. The number of pyridine rings is 1. The van der Waals surface area contributed by atoms with Gasteiger partial charge in [0, 0.05) is 11.3 Å². The van der Waals surface area contributed by atoms with Crippen LogP contribution in [0.1, 0.15) is 5.69 Å². The number of anilines is 2. The summed E-state index contributed by atoms with van der Waals surface area (Å²) in [5, 5.41) is 5.60. The highest BCUT2D eigenvalue weighted by molar-refractivity contribution is 6.00. The Hall–Kier alpha value is -3.54. The molecule has 0 aliphatic rings. The number of aromatic nitrogens is 1. The molecule has 0 aliphatic carbocycles. The second kappa shape index (κ2) is 8.23. The molecule has 3 aromatic rings. The Morgan fingerprint density at radius 1 is 0.889 bits per heavy atom. The number of urea groups is 1. The smallest absolute Gasteiger partial charge is 0.323 e. The van der Waals surface area contributed by atoms with E-state index in [9.17, 15) is 4.79 Å². The van der Waals surface area contributed by atoms with Gasteiger partial charge in [-0.15, -0.1) is 0 Å². The SMILES string of the molecule is COc1ccc(-c2ccc(NC(=O)Nc3ccccc3)c(C)n2)cc1OC. The molecule has 0 aliphatic heterocycles. The summed E-state index contributed by atoms with van der Waals surface area (Å²) in [6, 6.07) is 18.3. The largest absolute Gasteiger partial charge is 0.493 e. The van der Waals surface area contributed by atoms with Gasteiger partial charge < -0.3 is 20.1 Å². The van der Waals surface area contributed by atoms with Gasteiger partial charge in [0.05, 0.1) is 31.3 Å². The summed E-state index contributed by atoms with van der Waals surface area (Å²) >= 11 is 0. The number of aryl methyl sites for hydroxylation is 1. The minimum atomic E-state index is -0.315. The van der Waals surface area contributed by atoms with Gasteiger partial charge in [-0.05, 0) is 49.4 Å². The van der Waals surface area contributed by atoms with Crippen LogP contribution in [0.15, 0.2) is 60.7 Å². The zero-order valence-corrected chi connectivity index (χ0v) is 15.4. The summed E-state index contributed by atoms with van der Waals surface area (Å²) in [6.45, 7) is 1.85. The highest BCUT2D eigenvalue weighted by atomic mass is 16.5. The topological polar surface area (TPSA) is 72.5 Å². The highest BCUT2D eigenvalue weighted by Crippen LogP contribution is 2.32. The fraction of sp³-hybridized carbons (Fsp3) is 0.143. The second-order valence-electron chi connectivity index (χ2n) is 5.84. The van der Waals surface area contributed by atoms with Crippen LogP contribution in [-0.2, 0) is 0 Å². The summed E-state index contributed by atoms with van der Waals surface area (Å²) in [6.07, 6.45) is 0. The van der Waals surface area contributed by atoms with Gasteiger partial charge in [-0.3, -0.25) is 4.98 Å². The molecule has 6 nitrogen and oxygen atoms in total. The van der Waals surface area contributed by atoms with Gasteiger partial charge in [0.2, 0.25) is 0 Å². The summed E-state index contributed by atoms with van der Waals surface area (Å²) in [5.74, 6) is 1.30. The van der Waals surface area contributed by atoms with Crippen molar-refractivity contribution in [2.75, 3.05) is 24.9 Å². The Morgan fingerprint density at radius 3 is 2.30 bits per heavy atom. The first-order valence-corrected chi connectivity index (χ1v) is 8.44. The maximum atomic E-state index is 12.2. The molecular weight excluding hydrogens is 342 g/mol. The van der Waals surface area contributed by atoms with E-state index >= 15 is 0 Å². The summed E-state index contributed by atoms with van der Waals surface area (Å²) in [4.78, 5) is 16.8. The van der Waals surface area contributed by atoms with Crippen LogP contribution in [0.25, 0.3) is 11.3 Å². The fourth-order valence-corrected chi connectivity index (χ4v) is 2.66. The molecule has 138 valence electrons. The molecule has 27 heavy (non-hydrogen) atoms. The molecule has 2 amide bonds. The van der Waals surface area contributed by atoms with E-state index in [0.29, 0.717) is 22.9 Å². The number of ether oxygens (including phenoxy) is 2. The molecule has 6 heteroatoms. The van der Waals surface area contributed by atoms with Crippen LogP contribution in [-0.4, -0.2) is 25.2 Å². The number of benzene rings is 2. The maximum absolute atomic E-state index is 12.2.